The monoisotopic (exact) mass is 212 g/mol. The van der Waals surface area contributed by atoms with Crippen LogP contribution in [0.5, 0.6) is 5.75 Å². The molecule has 0 amide bonds. The van der Waals surface area contributed by atoms with E-state index in [0.717, 1.165) is 16.7 Å². The van der Waals surface area contributed by atoms with E-state index in [1.54, 1.807) is 0 Å². The highest BCUT2D eigenvalue weighted by Gasteiger charge is 2.07. The van der Waals surface area contributed by atoms with Crippen LogP contribution in [0.15, 0.2) is 36.4 Å². The van der Waals surface area contributed by atoms with Gasteiger partial charge < -0.3 is 5.11 Å². The summed E-state index contributed by atoms with van der Waals surface area (Å²) in [7, 11) is 0. The molecule has 0 aliphatic heterocycles. The Hall–Kier alpha value is -1.76. The van der Waals surface area contributed by atoms with Gasteiger partial charge in [-0.1, -0.05) is 35.9 Å². The van der Waals surface area contributed by atoms with E-state index in [4.69, 9.17) is 0 Å². The zero-order valence-corrected chi connectivity index (χ0v) is 9.91. The van der Waals surface area contributed by atoms with Crippen LogP contribution in [0, 0.1) is 20.8 Å². The second kappa shape index (κ2) is 4.01. The molecule has 0 spiro atoms. The van der Waals surface area contributed by atoms with Gasteiger partial charge in [-0.05, 0) is 43.5 Å². The molecule has 0 radical (unpaired) electrons. The largest absolute Gasteiger partial charge is 0.507 e. The fourth-order valence-corrected chi connectivity index (χ4v) is 1.99. The van der Waals surface area contributed by atoms with Gasteiger partial charge in [-0.3, -0.25) is 0 Å². The molecule has 0 heterocycles. The van der Waals surface area contributed by atoms with Crippen molar-refractivity contribution < 1.29 is 5.11 Å². The number of aryl methyl sites for hydroxylation is 3. The summed E-state index contributed by atoms with van der Waals surface area (Å²) >= 11 is 0. The number of phenols is 1. The second-order valence-corrected chi connectivity index (χ2v) is 4.35. The Bertz CT molecular complexity index is 527. The quantitative estimate of drug-likeness (QED) is 0.758. The van der Waals surface area contributed by atoms with Crippen LogP contribution in [0.1, 0.15) is 16.7 Å². The SMILES string of the molecule is Cc1cccc(-c2cc(C)cc(C)c2O)c1. The van der Waals surface area contributed by atoms with Gasteiger partial charge in [-0.2, -0.15) is 0 Å². The minimum atomic E-state index is 0.385. The van der Waals surface area contributed by atoms with Crippen molar-refractivity contribution in [2.75, 3.05) is 0 Å². The highest BCUT2D eigenvalue weighted by Crippen LogP contribution is 2.33. The second-order valence-electron chi connectivity index (χ2n) is 4.35. The molecule has 0 fully saturated rings. The average Bonchev–Trinajstić information content (AvgIpc) is 2.23. The van der Waals surface area contributed by atoms with Gasteiger partial charge in [0.15, 0.2) is 0 Å². The summed E-state index contributed by atoms with van der Waals surface area (Å²) in [4.78, 5) is 0. The van der Waals surface area contributed by atoms with Gasteiger partial charge in [0, 0.05) is 5.56 Å². The summed E-state index contributed by atoms with van der Waals surface area (Å²) in [6, 6.07) is 12.2. The predicted molar refractivity (Wildman–Crippen MR) is 67.8 cm³/mol. The van der Waals surface area contributed by atoms with E-state index in [9.17, 15) is 5.11 Å². The molecule has 16 heavy (non-hydrogen) atoms. The number of hydrogen-bond acceptors (Lipinski definition) is 1. The van der Waals surface area contributed by atoms with Gasteiger partial charge in [-0.15, -0.1) is 0 Å². The van der Waals surface area contributed by atoms with Crippen LogP contribution in [-0.4, -0.2) is 5.11 Å². The van der Waals surface area contributed by atoms with Gasteiger partial charge in [0.25, 0.3) is 0 Å². The Kier molecular flexibility index (Phi) is 2.69. The van der Waals surface area contributed by atoms with Crippen molar-refractivity contribution in [2.45, 2.75) is 20.8 Å². The molecule has 1 heteroatoms. The highest BCUT2D eigenvalue weighted by atomic mass is 16.3. The van der Waals surface area contributed by atoms with Crippen molar-refractivity contribution in [1.82, 2.24) is 0 Å². The van der Waals surface area contributed by atoms with Gasteiger partial charge in [0.2, 0.25) is 0 Å². The molecule has 0 aromatic heterocycles. The molecule has 1 N–H and O–H groups in total. The lowest BCUT2D eigenvalue weighted by Gasteiger charge is -2.09. The van der Waals surface area contributed by atoms with Gasteiger partial charge in [0.05, 0.1) is 0 Å². The van der Waals surface area contributed by atoms with E-state index in [0.29, 0.717) is 5.75 Å². The lowest BCUT2D eigenvalue weighted by atomic mass is 9.98. The van der Waals surface area contributed by atoms with Crippen molar-refractivity contribution in [1.29, 1.82) is 0 Å². The zero-order chi connectivity index (χ0) is 11.7. The standard InChI is InChI=1S/C15H16O/c1-10-5-4-6-13(8-10)14-9-11(2)7-12(3)15(14)16/h4-9,16H,1-3H3. The fourth-order valence-electron chi connectivity index (χ4n) is 1.99. The molecule has 2 aromatic carbocycles. The maximum Gasteiger partial charge on any atom is 0.126 e. The van der Waals surface area contributed by atoms with Crippen LogP contribution in [0.2, 0.25) is 0 Å². The number of hydrogen-bond donors (Lipinski definition) is 1. The van der Waals surface area contributed by atoms with Gasteiger partial charge in [0.1, 0.15) is 5.75 Å². The summed E-state index contributed by atoms with van der Waals surface area (Å²) in [5, 5.41) is 10.1. The number of phenolic OH excluding ortho intramolecular Hbond substituents is 1. The van der Waals surface area contributed by atoms with Crippen molar-refractivity contribution in [3.8, 4) is 16.9 Å². The van der Waals surface area contributed by atoms with E-state index in [1.807, 2.05) is 38.1 Å². The minimum Gasteiger partial charge on any atom is -0.507 e. The smallest absolute Gasteiger partial charge is 0.126 e. The molecule has 2 aromatic rings. The molecule has 0 bridgehead atoms. The van der Waals surface area contributed by atoms with E-state index in [-0.39, 0.29) is 0 Å². The maximum atomic E-state index is 10.1. The first-order valence-electron chi connectivity index (χ1n) is 5.45. The molecule has 82 valence electrons. The van der Waals surface area contributed by atoms with Crippen LogP contribution in [0.25, 0.3) is 11.1 Å². The van der Waals surface area contributed by atoms with Crippen molar-refractivity contribution >= 4 is 0 Å². The summed E-state index contributed by atoms with van der Waals surface area (Å²) in [6.45, 7) is 6.04. The Labute approximate surface area is 96.4 Å². The topological polar surface area (TPSA) is 20.2 Å². The number of benzene rings is 2. The van der Waals surface area contributed by atoms with Crippen LogP contribution in [0.3, 0.4) is 0 Å². The molecule has 0 aliphatic carbocycles. The highest BCUT2D eigenvalue weighted by molar-refractivity contribution is 5.72. The third kappa shape index (κ3) is 1.94. The van der Waals surface area contributed by atoms with Crippen molar-refractivity contribution in [2.24, 2.45) is 0 Å². The van der Waals surface area contributed by atoms with Crippen LogP contribution in [-0.2, 0) is 0 Å². The molecular formula is C15H16O. The van der Waals surface area contributed by atoms with Crippen LogP contribution < -0.4 is 0 Å². The molecule has 0 aliphatic rings. The minimum absolute atomic E-state index is 0.385. The first kappa shape index (κ1) is 10.7. The lowest BCUT2D eigenvalue weighted by Crippen LogP contribution is -1.85. The summed E-state index contributed by atoms with van der Waals surface area (Å²) in [5.74, 6) is 0.385. The first-order valence-corrected chi connectivity index (χ1v) is 5.45. The summed E-state index contributed by atoms with van der Waals surface area (Å²) in [5.41, 5.74) is 5.30. The zero-order valence-electron chi connectivity index (χ0n) is 9.91. The fraction of sp³-hybridized carbons (Fsp3) is 0.200. The third-order valence-corrected chi connectivity index (χ3v) is 2.77. The molecule has 0 saturated heterocycles. The van der Waals surface area contributed by atoms with E-state index in [2.05, 4.69) is 19.1 Å². The van der Waals surface area contributed by atoms with Crippen molar-refractivity contribution in [3.05, 3.63) is 53.1 Å². The van der Waals surface area contributed by atoms with E-state index in [1.165, 1.54) is 11.1 Å². The maximum absolute atomic E-state index is 10.1. The Morgan fingerprint density at radius 2 is 1.62 bits per heavy atom. The molecule has 0 atom stereocenters. The van der Waals surface area contributed by atoms with Crippen molar-refractivity contribution in [3.63, 3.8) is 0 Å². The number of rotatable bonds is 1. The molecule has 1 nitrogen and oxygen atoms in total. The van der Waals surface area contributed by atoms with Crippen LogP contribution in [0.4, 0.5) is 0 Å². The Balaban J connectivity index is 2.64. The summed E-state index contributed by atoms with van der Waals surface area (Å²) in [6.07, 6.45) is 0. The number of aromatic hydroxyl groups is 1. The average molecular weight is 212 g/mol. The van der Waals surface area contributed by atoms with Gasteiger partial charge in [-0.25, -0.2) is 0 Å². The third-order valence-electron chi connectivity index (χ3n) is 2.77. The Morgan fingerprint density at radius 1 is 0.875 bits per heavy atom. The predicted octanol–water partition coefficient (Wildman–Crippen LogP) is 3.98. The van der Waals surface area contributed by atoms with Crippen LogP contribution >= 0.6 is 0 Å². The molecule has 2 rings (SSSR count). The first-order chi connectivity index (χ1) is 7.58. The Morgan fingerprint density at radius 3 is 2.31 bits per heavy atom. The normalized spacial score (nSPS) is 10.4. The summed E-state index contributed by atoms with van der Waals surface area (Å²) < 4.78 is 0. The van der Waals surface area contributed by atoms with E-state index < -0.39 is 0 Å². The van der Waals surface area contributed by atoms with Gasteiger partial charge >= 0.3 is 0 Å². The molecule has 0 unspecified atom stereocenters. The lowest BCUT2D eigenvalue weighted by molar-refractivity contribution is 0.473. The van der Waals surface area contributed by atoms with E-state index >= 15 is 0 Å². The molecule has 0 saturated carbocycles. The molecular weight excluding hydrogens is 196 g/mol.